The molecule has 1 atom stereocenters. The largest absolute Gasteiger partial charge is 0.416 e. The van der Waals surface area contributed by atoms with Gasteiger partial charge in [0.25, 0.3) is 5.91 Å². The number of anilines is 1. The summed E-state index contributed by atoms with van der Waals surface area (Å²) in [6.45, 7) is 5.57. The summed E-state index contributed by atoms with van der Waals surface area (Å²) in [5, 5.41) is 5.42. The second-order valence-electron chi connectivity index (χ2n) is 7.59. The van der Waals surface area contributed by atoms with E-state index in [1.165, 1.54) is 6.07 Å². The Labute approximate surface area is 162 Å². The molecule has 0 aliphatic rings. The summed E-state index contributed by atoms with van der Waals surface area (Å²) in [5.74, 6) is -0.735. The molecule has 0 saturated heterocycles. The molecule has 7 heteroatoms. The predicted molar refractivity (Wildman–Crippen MR) is 102 cm³/mol. The van der Waals surface area contributed by atoms with Gasteiger partial charge >= 0.3 is 6.18 Å². The number of benzene rings is 2. The average Bonchev–Trinajstić information content (AvgIpc) is 2.63. The van der Waals surface area contributed by atoms with E-state index >= 15 is 0 Å². The Balaban J connectivity index is 2.29. The van der Waals surface area contributed by atoms with Crippen molar-refractivity contribution in [1.29, 1.82) is 0 Å². The Morgan fingerprint density at radius 1 is 1.07 bits per heavy atom. The first-order valence-corrected chi connectivity index (χ1v) is 8.77. The summed E-state index contributed by atoms with van der Waals surface area (Å²) >= 11 is 0. The van der Waals surface area contributed by atoms with Crippen LogP contribution in [0.25, 0.3) is 0 Å². The van der Waals surface area contributed by atoms with Gasteiger partial charge in [-0.2, -0.15) is 13.2 Å². The van der Waals surface area contributed by atoms with Gasteiger partial charge in [0, 0.05) is 17.8 Å². The van der Waals surface area contributed by atoms with Gasteiger partial charge in [-0.25, -0.2) is 0 Å². The van der Waals surface area contributed by atoms with Crippen molar-refractivity contribution in [2.45, 2.75) is 39.5 Å². The summed E-state index contributed by atoms with van der Waals surface area (Å²) in [6.07, 6.45) is -4.02. The van der Waals surface area contributed by atoms with Crippen LogP contribution in [0.15, 0.2) is 48.5 Å². The Morgan fingerprint density at radius 2 is 1.71 bits per heavy atom. The van der Waals surface area contributed by atoms with Crippen molar-refractivity contribution in [3.63, 3.8) is 0 Å². The van der Waals surface area contributed by atoms with Crippen LogP contribution in [0.1, 0.15) is 42.3 Å². The van der Waals surface area contributed by atoms with Gasteiger partial charge in [-0.3, -0.25) is 4.79 Å². The van der Waals surface area contributed by atoms with Gasteiger partial charge in [-0.05, 0) is 29.2 Å². The van der Waals surface area contributed by atoms with Crippen molar-refractivity contribution in [3.05, 3.63) is 65.2 Å². The molecular formula is C21H23F3N2O2. The van der Waals surface area contributed by atoms with Crippen LogP contribution < -0.4 is 10.6 Å². The van der Waals surface area contributed by atoms with E-state index in [0.717, 1.165) is 17.7 Å². The first-order chi connectivity index (χ1) is 13.0. The fraction of sp³-hybridized carbons (Fsp3) is 0.333. The molecule has 1 unspecified atom stereocenters. The zero-order valence-corrected chi connectivity index (χ0v) is 15.9. The van der Waals surface area contributed by atoms with E-state index in [1.807, 2.05) is 30.3 Å². The number of nitrogens with one attached hydrogen (secondary N) is 2. The molecule has 2 rings (SSSR count). The topological polar surface area (TPSA) is 58.2 Å². The number of alkyl halides is 3. The van der Waals surface area contributed by atoms with Crippen LogP contribution in [-0.2, 0) is 17.5 Å². The SMILES string of the molecule is CC(C)(C)C(C=O)NC(=O)c1cc(NCc2ccccc2)cc(C(F)(F)F)c1. The first-order valence-electron chi connectivity index (χ1n) is 8.77. The molecule has 0 bridgehead atoms. The number of aldehydes is 1. The molecule has 0 aliphatic carbocycles. The van der Waals surface area contributed by atoms with Gasteiger partial charge < -0.3 is 15.4 Å². The minimum absolute atomic E-state index is 0.165. The smallest absolute Gasteiger partial charge is 0.381 e. The molecule has 0 aromatic heterocycles. The van der Waals surface area contributed by atoms with Gasteiger partial charge in [0.15, 0.2) is 0 Å². The minimum atomic E-state index is -4.60. The molecule has 0 heterocycles. The second kappa shape index (κ2) is 8.46. The van der Waals surface area contributed by atoms with Gasteiger partial charge in [-0.1, -0.05) is 51.1 Å². The lowest BCUT2D eigenvalue weighted by Crippen LogP contribution is -2.44. The highest BCUT2D eigenvalue weighted by Crippen LogP contribution is 2.32. The van der Waals surface area contributed by atoms with Gasteiger partial charge in [-0.15, -0.1) is 0 Å². The highest BCUT2D eigenvalue weighted by Gasteiger charge is 2.32. The van der Waals surface area contributed by atoms with Crippen molar-refractivity contribution in [2.75, 3.05) is 5.32 Å². The van der Waals surface area contributed by atoms with Crippen molar-refractivity contribution in [3.8, 4) is 0 Å². The highest BCUT2D eigenvalue weighted by atomic mass is 19.4. The lowest BCUT2D eigenvalue weighted by molar-refractivity contribution is -0.137. The predicted octanol–water partition coefficient (Wildman–Crippen LogP) is 4.66. The fourth-order valence-corrected chi connectivity index (χ4v) is 2.50. The number of hydrogen-bond acceptors (Lipinski definition) is 3. The number of halogens is 3. The Bertz CT molecular complexity index is 828. The van der Waals surface area contributed by atoms with E-state index in [4.69, 9.17) is 0 Å². The molecule has 4 nitrogen and oxygen atoms in total. The van der Waals surface area contributed by atoms with Crippen molar-refractivity contribution >= 4 is 17.9 Å². The Hall–Kier alpha value is -2.83. The van der Waals surface area contributed by atoms with E-state index in [0.29, 0.717) is 12.8 Å². The molecular weight excluding hydrogens is 369 g/mol. The van der Waals surface area contributed by atoms with Gasteiger partial charge in [0.05, 0.1) is 11.6 Å². The number of rotatable bonds is 6. The molecule has 1 amide bonds. The lowest BCUT2D eigenvalue weighted by atomic mass is 9.87. The third-order valence-electron chi connectivity index (χ3n) is 4.22. The summed E-state index contributed by atoms with van der Waals surface area (Å²) in [7, 11) is 0. The molecule has 2 aromatic carbocycles. The number of amides is 1. The van der Waals surface area contributed by atoms with Crippen LogP contribution in [0.4, 0.5) is 18.9 Å². The van der Waals surface area contributed by atoms with Crippen LogP contribution in [-0.4, -0.2) is 18.2 Å². The number of hydrogen-bond donors (Lipinski definition) is 2. The molecule has 150 valence electrons. The Morgan fingerprint density at radius 3 is 2.25 bits per heavy atom. The third-order valence-corrected chi connectivity index (χ3v) is 4.22. The molecule has 0 radical (unpaired) electrons. The lowest BCUT2D eigenvalue weighted by Gasteiger charge is -2.27. The maximum absolute atomic E-state index is 13.3. The average molecular weight is 392 g/mol. The highest BCUT2D eigenvalue weighted by molar-refractivity contribution is 5.96. The second-order valence-corrected chi connectivity index (χ2v) is 7.59. The standard InChI is InChI=1S/C21H23F3N2O2/c1-20(2,3)18(13-27)26-19(28)15-9-16(21(22,23)24)11-17(10-15)25-12-14-7-5-4-6-8-14/h4-11,13,18,25H,12H2,1-3H3,(H,26,28). The maximum atomic E-state index is 13.3. The molecule has 0 spiro atoms. The quantitative estimate of drug-likeness (QED) is 0.703. The van der Waals surface area contributed by atoms with E-state index in [1.54, 1.807) is 20.8 Å². The van der Waals surface area contributed by atoms with Crippen molar-refractivity contribution in [2.24, 2.45) is 5.41 Å². The van der Waals surface area contributed by atoms with E-state index in [2.05, 4.69) is 10.6 Å². The molecule has 0 saturated carbocycles. The number of carbonyl (C=O) groups is 2. The minimum Gasteiger partial charge on any atom is -0.381 e. The molecule has 0 aliphatic heterocycles. The van der Waals surface area contributed by atoms with E-state index in [-0.39, 0.29) is 11.3 Å². The van der Waals surface area contributed by atoms with Crippen LogP contribution in [0.5, 0.6) is 0 Å². The normalized spacial score (nSPS) is 12.9. The van der Waals surface area contributed by atoms with Crippen LogP contribution in [0.2, 0.25) is 0 Å². The van der Waals surface area contributed by atoms with Crippen molar-refractivity contribution < 1.29 is 22.8 Å². The van der Waals surface area contributed by atoms with Crippen LogP contribution >= 0.6 is 0 Å². The molecule has 0 fully saturated rings. The summed E-state index contributed by atoms with van der Waals surface area (Å²) in [5.41, 5.74) is -0.606. The van der Waals surface area contributed by atoms with Crippen LogP contribution in [0, 0.1) is 5.41 Å². The van der Waals surface area contributed by atoms with E-state index in [9.17, 15) is 22.8 Å². The molecule has 2 aromatic rings. The molecule has 28 heavy (non-hydrogen) atoms. The third kappa shape index (κ3) is 5.84. The Kier molecular flexibility index (Phi) is 6.48. The monoisotopic (exact) mass is 392 g/mol. The van der Waals surface area contributed by atoms with Gasteiger partial charge in [0.1, 0.15) is 6.29 Å². The molecule has 2 N–H and O–H groups in total. The van der Waals surface area contributed by atoms with Crippen molar-refractivity contribution in [1.82, 2.24) is 5.32 Å². The van der Waals surface area contributed by atoms with Gasteiger partial charge in [0.2, 0.25) is 0 Å². The van der Waals surface area contributed by atoms with E-state index < -0.39 is 29.1 Å². The summed E-state index contributed by atoms with van der Waals surface area (Å²) in [6, 6.07) is 11.4. The first kappa shape index (κ1) is 21.5. The zero-order chi connectivity index (χ0) is 20.9. The summed E-state index contributed by atoms with van der Waals surface area (Å²) in [4.78, 5) is 23.8. The summed E-state index contributed by atoms with van der Waals surface area (Å²) < 4.78 is 39.8. The fourth-order valence-electron chi connectivity index (χ4n) is 2.50. The maximum Gasteiger partial charge on any atom is 0.416 e. The zero-order valence-electron chi connectivity index (χ0n) is 15.9. The number of carbonyl (C=O) groups excluding carboxylic acids is 2. The van der Waals surface area contributed by atoms with Crippen LogP contribution in [0.3, 0.4) is 0 Å².